The summed E-state index contributed by atoms with van der Waals surface area (Å²) < 4.78 is 0. The largest absolute Gasteiger partial charge is 0.397 e. The fourth-order valence-electron chi connectivity index (χ4n) is 4.49. The summed E-state index contributed by atoms with van der Waals surface area (Å²) in [6.45, 7) is 6.15. The third-order valence-electron chi connectivity index (χ3n) is 6.17. The first-order chi connectivity index (χ1) is 14.6. The molecule has 0 unspecified atom stereocenters. The Labute approximate surface area is 180 Å². The van der Waals surface area contributed by atoms with Crippen LogP contribution >= 0.6 is 11.3 Å². The summed E-state index contributed by atoms with van der Waals surface area (Å²) in [5, 5.41) is 7.49. The van der Waals surface area contributed by atoms with Crippen LogP contribution in [0, 0.1) is 6.92 Å². The fraction of sp³-hybridized carbons (Fsp3) is 0.391. The Morgan fingerprint density at radius 3 is 2.90 bits per heavy atom. The second-order valence-electron chi connectivity index (χ2n) is 8.25. The molecule has 2 aromatic heterocycles. The van der Waals surface area contributed by atoms with Gasteiger partial charge in [0, 0.05) is 49.0 Å². The van der Waals surface area contributed by atoms with Crippen molar-refractivity contribution in [3.05, 3.63) is 52.0 Å². The first-order valence-corrected chi connectivity index (χ1v) is 11.4. The highest BCUT2D eigenvalue weighted by Gasteiger charge is 2.24. The number of rotatable bonds is 3. The summed E-state index contributed by atoms with van der Waals surface area (Å²) in [5.74, 6) is -0.0842. The van der Waals surface area contributed by atoms with Crippen molar-refractivity contribution in [2.45, 2.75) is 32.2 Å². The second kappa shape index (κ2) is 7.89. The summed E-state index contributed by atoms with van der Waals surface area (Å²) in [7, 11) is 0. The summed E-state index contributed by atoms with van der Waals surface area (Å²) in [4.78, 5) is 21.3. The molecule has 1 aliphatic heterocycles. The molecule has 0 bridgehead atoms. The molecule has 1 atom stereocenters. The van der Waals surface area contributed by atoms with Crippen molar-refractivity contribution < 1.29 is 4.79 Å². The van der Waals surface area contributed by atoms with Crippen molar-refractivity contribution >= 4 is 38.8 Å². The first-order valence-electron chi connectivity index (χ1n) is 10.6. The maximum Gasteiger partial charge on any atom is 0.263 e. The molecule has 156 valence electrons. The minimum absolute atomic E-state index is 0.0842. The Morgan fingerprint density at radius 1 is 1.23 bits per heavy atom. The Morgan fingerprint density at radius 2 is 2.07 bits per heavy atom. The number of pyridine rings is 1. The van der Waals surface area contributed by atoms with E-state index >= 15 is 0 Å². The number of piperazine rings is 1. The number of fused-ring (bicyclic) bond motifs is 2. The highest BCUT2D eigenvalue weighted by Crippen LogP contribution is 2.33. The maximum atomic E-state index is 12.9. The van der Waals surface area contributed by atoms with Gasteiger partial charge in [0.1, 0.15) is 9.71 Å². The molecule has 30 heavy (non-hydrogen) atoms. The number of hydrogen-bond donors (Lipinski definition) is 3. The van der Waals surface area contributed by atoms with Gasteiger partial charge in [0.2, 0.25) is 0 Å². The molecule has 0 radical (unpaired) electrons. The summed E-state index contributed by atoms with van der Waals surface area (Å²) in [6.07, 6.45) is 2.81. The maximum absolute atomic E-state index is 12.9. The van der Waals surface area contributed by atoms with Gasteiger partial charge in [-0.05, 0) is 61.6 Å². The van der Waals surface area contributed by atoms with Crippen LogP contribution in [-0.4, -0.2) is 43.1 Å². The summed E-state index contributed by atoms with van der Waals surface area (Å²) in [5.41, 5.74) is 11.8. The molecule has 1 amide bonds. The molecule has 2 aliphatic rings. The number of nitrogens with zero attached hydrogens (tertiary/aromatic N) is 2. The van der Waals surface area contributed by atoms with Crippen molar-refractivity contribution in [2.75, 3.05) is 36.8 Å². The van der Waals surface area contributed by atoms with E-state index in [4.69, 9.17) is 5.73 Å². The zero-order valence-corrected chi connectivity index (χ0v) is 18.0. The highest BCUT2D eigenvalue weighted by molar-refractivity contribution is 7.21. The molecule has 0 spiro atoms. The number of hydrogen-bond acceptors (Lipinski definition) is 6. The summed E-state index contributed by atoms with van der Waals surface area (Å²) in [6, 6.07) is 10.8. The van der Waals surface area contributed by atoms with Crippen molar-refractivity contribution in [3.8, 4) is 0 Å². The van der Waals surface area contributed by atoms with Crippen LogP contribution in [0.15, 0.2) is 30.3 Å². The van der Waals surface area contributed by atoms with Gasteiger partial charge in [-0.15, -0.1) is 11.3 Å². The number of benzene rings is 1. The van der Waals surface area contributed by atoms with Gasteiger partial charge in [0.25, 0.3) is 5.91 Å². The lowest BCUT2D eigenvalue weighted by molar-refractivity contribution is 0.0938. The molecule has 1 fully saturated rings. The third kappa shape index (κ3) is 3.63. The zero-order valence-electron chi connectivity index (χ0n) is 17.2. The van der Waals surface area contributed by atoms with E-state index in [-0.39, 0.29) is 11.9 Å². The first kappa shape index (κ1) is 19.3. The fourth-order valence-corrected chi connectivity index (χ4v) is 5.54. The number of nitrogens with two attached hydrogens (primary N) is 1. The van der Waals surface area contributed by atoms with E-state index in [0.29, 0.717) is 10.6 Å². The zero-order chi connectivity index (χ0) is 20.7. The lowest BCUT2D eigenvalue weighted by Gasteiger charge is -2.31. The van der Waals surface area contributed by atoms with Crippen molar-refractivity contribution in [3.63, 3.8) is 0 Å². The van der Waals surface area contributed by atoms with E-state index in [1.165, 1.54) is 28.2 Å². The molecule has 4 N–H and O–H groups in total. The number of amides is 1. The van der Waals surface area contributed by atoms with E-state index in [1.807, 2.05) is 19.1 Å². The van der Waals surface area contributed by atoms with Gasteiger partial charge in [-0.1, -0.05) is 6.07 Å². The summed E-state index contributed by atoms with van der Waals surface area (Å²) >= 11 is 1.38. The number of nitrogen functional groups attached to an aromatic ring is 1. The number of aromatic nitrogens is 1. The van der Waals surface area contributed by atoms with Gasteiger partial charge >= 0.3 is 0 Å². The molecule has 5 rings (SSSR count). The topological polar surface area (TPSA) is 83.3 Å². The van der Waals surface area contributed by atoms with Crippen LogP contribution in [0.4, 0.5) is 11.4 Å². The predicted octanol–water partition coefficient (Wildman–Crippen LogP) is 2.88. The van der Waals surface area contributed by atoms with Gasteiger partial charge in [0.05, 0.1) is 5.69 Å². The third-order valence-corrected chi connectivity index (χ3v) is 7.29. The van der Waals surface area contributed by atoms with Crippen molar-refractivity contribution in [1.82, 2.24) is 15.6 Å². The van der Waals surface area contributed by atoms with Crippen LogP contribution in [0.5, 0.6) is 0 Å². The minimum atomic E-state index is -0.0842. The monoisotopic (exact) mass is 421 g/mol. The number of carbonyl (C=O) groups excluding carboxylic acids is 1. The molecule has 0 saturated carbocycles. The van der Waals surface area contributed by atoms with Crippen LogP contribution < -0.4 is 21.3 Å². The molecular weight excluding hydrogens is 394 g/mol. The van der Waals surface area contributed by atoms with Crippen LogP contribution in [0.25, 0.3) is 10.2 Å². The van der Waals surface area contributed by atoms with Crippen LogP contribution in [0.2, 0.25) is 0 Å². The predicted molar refractivity (Wildman–Crippen MR) is 124 cm³/mol. The Kier molecular flexibility index (Phi) is 5.08. The quantitative estimate of drug-likeness (QED) is 0.606. The number of nitrogens with one attached hydrogen (secondary N) is 2. The molecule has 1 saturated heterocycles. The van der Waals surface area contributed by atoms with E-state index in [2.05, 4.69) is 38.7 Å². The average Bonchev–Trinajstić information content (AvgIpc) is 3.09. The van der Waals surface area contributed by atoms with E-state index in [0.717, 1.165) is 61.4 Å². The number of carbonyl (C=O) groups is 1. The Bertz CT molecular complexity index is 1100. The smallest absolute Gasteiger partial charge is 0.263 e. The van der Waals surface area contributed by atoms with Gasteiger partial charge in [-0.25, -0.2) is 4.98 Å². The Hall–Kier alpha value is -2.64. The molecule has 1 aliphatic carbocycles. The van der Waals surface area contributed by atoms with E-state index < -0.39 is 0 Å². The average molecular weight is 422 g/mol. The second-order valence-corrected chi connectivity index (χ2v) is 9.25. The van der Waals surface area contributed by atoms with E-state index in [9.17, 15) is 4.79 Å². The number of aryl methyl sites for hydroxylation is 2. The molecule has 3 heterocycles. The molecule has 1 aromatic carbocycles. The standard InChI is InChI=1S/C23H27N5OS/c1-14-2-7-19-20(24)21(30-23(19)26-14)22(29)27-17-5-3-16-13-18(6-4-15(16)12-17)28-10-8-25-9-11-28/h2,4,6-7,13,17,25H,3,5,8-12,24H2,1H3,(H,27,29)/t17-/m1/s1. The molecule has 3 aromatic rings. The molecular formula is C23H27N5OS. The lowest BCUT2D eigenvalue weighted by atomic mass is 9.87. The lowest BCUT2D eigenvalue weighted by Crippen LogP contribution is -2.43. The normalized spacial score (nSPS) is 19.0. The highest BCUT2D eigenvalue weighted by atomic mass is 32.1. The molecule has 7 heteroatoms. The Balaban J connectivity index is 1.29. The van der Waals surface area contributed by atoms with Crippen LogP contribution in [-0.2, 0) is 12.8 Å². The van der Waals surface area contributed by atoms with E-state index in [1.54, 1.807) is 0 Å². The van der Waals surface area contributed by atoms with Crippen molar-refractivity contribution in [2.24, 2.45) is 0 Å². The van der Waals surface area contributed by atoms with Gasteiger partial charge in [-0.3, -0.25) is 4.79 Å². The molecule has 6 nitrogen and oxygen atoms in total. The number of anilines is 2. The minimum Gasteiger partial charge on any atom is -0.397 e. The van der Waals surface area contributed by atoms with Gasteiger partial charge < -0.3 is 21.3 Å². The van der Waals surface area contributed by atoms with Crippen molar-refractivity contribution in [1.29, 1.82) is 0 Å². The van der Waals surface area contributed by atoms with Crippen LogP contribution in [0.3, 0.4) is 0 Å². The van der Waals surface area contributed by atoms with Gasteiger partial charge in [0.15, 0.2) is 0 Å². The SMILES string of the molecule is Cc1ccc2c(N)c(C(=O)N[C@@H]3CCc4cc(N5CCNCC5)ccc4C3)sc2n1. The van der Waals surface area contributed by atoms with Crippen LogP contribution in [0.1, 0.15) is 32.9 Å². The van der Waals surface area contributed by atoms with Gasteiger partial charge in [-0.2, -0.15) is 0 Å². The number of thiophene rings is 1.